The van der Waals surface area contributed by atoms with Gasteiger partial charge in [-0.15, -0.1) is 11.8 Å². The third-order valence-electron chi connectivity index (χ3n) is 2.30. The van der Waals surface area contributed by atoms with Crippen LogP contribution in [0.5, 0.6) is 0 Å². The van der Waals surface area contributed by atoms with Crippen LogP contribution in [-0.2, 0) is 5.75 Å². The van der Waals surface area contributed by atoms with Crippen molar-refractivity contribution in [3.05, 3.63) is 46.3 Å². The summed E-state index contributed by atoms with van der Waals surface area (Å²) in [4.78, 5) is 11.8. The summed E-state index contributed by atoms with van der Waals surface area (Å²) < 4.78 is 5.83. The molecule has 0 radical (unpaired) electrons. The second-order valence-electron chi connectivity index (χ2n) is 3.55. The summed E-state index contributed by atoms with van der Waals surface area (Å²) in [6.07, 6.45) is 1.38. The Hall–Kier alpha value is -1.40. The van der Waals surface area contributed by atoms with Gasteiger partial charge in [0, 0.05) is 26.4 Å². The first kappa shape index (κ1) is 13.0. The summed E-state index contributed by atoms with van der Waals surface area (Å²) in [6, 6.07) is 7.26. The highest BCUT2D eigenvalue weighted by Crippen LogP contribution is 2.31. The lowest BCUT2D eigenvalue weighted by Gasteiger charge is -2.05. The van der Waals surface area contributed by atoms with Crippen molar-refractivity contribution in [3.63, 3.8) is 0 Å². The largest absolute Gasteiger partial charge is 0.475 e. The third kappa shape index (κ3) is 2.88. The fourth-order valence-electron chi connectivity index (χ4n) is 1.44. The minimum atomic E-state index is -1.06. The molecule has 2 rings (SSSR count). The number of hydrogen-bond acceptors (Lipinski definition) is 4. The van der Waals surface area contributed by atoms with Crippen LogP contribution >= 0.6 is 27.7 Å². The summed E-state index contributed by atoms with van der Waals surface area (Å²) in [6.45, 7) is 0. The number of nitrogen functional groups attached to an aromatic ring is 1. The number of halogens is 1. The van der Waals surface area contributed by atoms with E-state index in [1.165, 1.54) is 18.0 Å². The van der Waals surface area contributed by atoms with Crippen LogP contribution in [0.25, 0.3) is 0 Å². The van der Waals surface area contributed by atoms with Crippen LogP contribution in [0.4, 0.5) is 5.69 Å². The first-order chi connectivity index (χ1) is 8.58. The molecule has 0 fully saturated rings. The average molecular weight is 328 g/mol. The molecular weight excluding hydrogens is 318 g/mol. The number of furan rings is 1. The number of thioether (sulfide) groups is 1. The van der Waals surface area contributed by atoms with Gasteiger partial charge in [0.15, 0.2) is 0 Å². The van der Waals surface area contributed by atoms with Crippen molar-refractivity contribution in [2.75, 3.05) is 5.73 Å². The number of nitrogens with two attached hydrogens (primary N) is 1. The highest BCUT2D eigenvalue weighted by atomic mass is 79.9. The van der Waals surface area contributed by atoms with E-state index in [9.17, 15) is 4.79 Å². The molecule has 6 heteroatoms. The Morgan fingerprint density at radius 3 is 2.89 bits per heavy atom. The Bertz CT molecular complexity index is 582. The van der Waals surface area contributed by atoms with Gasteiger partial charge in [0.05, 0.1) is 6.26 Å². The zero-order chi connectivity index (χ0) is 13.1. The van der Waals surface area contributed by atoms with Crippen molar-refractivity contribution in [1.82, 2.24) is 0 Å². The van der Waals surface area contributed by atoms with Crippen molar-refractivity contribution in [3.8, 4) is 0 Å². The number of aromatic carboxylic acids is 1. The predicted octanol–water partition coefficient (Wildman–Crippen LogP) is 3.61. The number of hydrogen-bond donors (Lipinski definition) is 2. The molecule has 0 spiro atoms. The van der Waals surface area contributed by atoms with Crippen molar-refractivity contribution >= 4 is 39.3 Å². The molecule has 1 aromatic carbocycles. The van der Waals surface area contributed by atoms with Crippen LogP contribution in [0.3, 0.4) is 0 Å². The van der Waals surface area contributed by atoms with Gasteiger partial charge in [-0.1, -0.05) is 15.9 Å². The molecule has 3 N–H and O–H groups in total. The summed E-state index contributed by atoms with van der Waals surface area (Å²) in [5.41, 5.74) is 7.18. The number of carboxylic acids is 1. The zero-order valence-electron chi connectivity index (χ0n) is 9.22. The van der Waals surface area contributed by atoms with E-state index in [0.29, 0.717) is 17.0 Å². The lowest BCUT2D eigenvalue weighted by molar-refractivity contribution is 0.0661. The van der Waals surface area contributed by atoms with Crippen molar-refractivity contribution < 1.29 is 14.3 Å². The Balaban J connectivity index is 2.11. The topological polar surface area (TPSA) is 76.5 Å². The van der Waals surface area contributed by atoms with E-state index in [4.69, 9.17) is 15.3 Å². The van der Waals surface area contributed by atoms with Crippen LogP contribution in [-0.4, -0.2) is 11.1 Å². The van der Waals surface area contributed by atoms with Gasteiger partial charge in [-0.05, 0) is 24.3 Å². The molecule has 94 valence electrons. The average Bonchev–Trinajstić information content (AvgIpc) is 2.76. The van der Waals surface area contributed by atoms with Gasteiger partial charge in [0.2, 0.25) is 5.76 Å². The summed E-state index contributed by atoms with van der Waals surface area (Å²) >= 11 is 4.81. The Kier molecular flexibility index (Phi) is 3.98. The second kappa shape index (κ2) is 5.49. The monoisotopic (exact) mass is 327 g/mol. The molecule has 0 aliphatic carbocycles. The quantitative estimate of drug-likeness (QED) is 0.662. The zero-order valence-corrected chi connectivity index (χ0v) is 11.6. The maximum Gasteiger partial charge on any atom is 0.372 e. The number of rotatable bonds is 4. The first-order valence-corrected chi connectivity index (χ1v) is 6.83. The van der Waals surface area contributed by atoms with Crippen molar-refractivity contribution in [2.45, 2.75) is 10.6 Å². The number of benzene rings is 1. The summed E-state index contributed by atoms with van der Waals surface area (Å²) in [5.74, 6) is -0.568. The van der Waals surface area contributed by atoms with Crippen LogP contribution in [0.1, 0.15) is 16.1 Å². The molecule has 0 amide bonds. The minimum Gasteiger partial charge on any atom is -0.475 e. The summed E-state index contributed by atoms with van der Waals surface area (Å²) in [5, 5.41) is 8.91. The Morgan fingerprint density at radius 2 is 2.22 bits per heavy atom. The highest BCUT2D eigenvalue weighted by Gasteiger charge is 2.14. The lowest BCUT2D eigenvalue weighted by Crippen LogP contribution is -1.97. The molecule has 1 heterocycles. The molecule has 2 aromatic rings. The maximum absolute atomic E-state index is 10.9. The van der Waals surface area contributed by atoms with Crippen LogP contribution in [0, 0.1) is 0 Å². The smallest absolute Gasteiger partial charge is 0.372 e. The first-order valence-electron chi connectivity index (χ1n) is 5.05. The van der Waals surface area contributed by atoms with E-state index in [0.717, 1.165) is 9.37 Å². The Morgan fingerprint density at radius 1 is 1.44 bits per heavy atom. The van der Waals surface area contributed by atoms with Crippen molar-refractivity contribution in [2.24, 2.45) is 0 Å². The van der Waals surface area contributed by atoms with Crippen molar-refractivity contribution in [1.29, 1.82) is 0 Å². The molecule has 0 atom stereocenters. The second-order valence-corrected chi connectivity index (χ2v) is 5.48. The van der Waals surface area contributed by atoms with E-state index in [2.05, 4.69) is 15.9 Å². The molecule has 1 aromatic heterocycles. The van der Waals surface area contributed by atoms with Crippen LogP contribution in [0.15, 0.2) is 44.3 Å². The van der Waals surface area contributed by atoms with Gasteiger partial charge in [0.25, 0.3) is 0 Å². The van der Waals surface area contributed by atoms with Crippen LogP contribution in [0.2, 0.25) is 0 Å². The molecule has 18 heavy (non-hydrogen) atoms. The van der Waals surface area contributed by atoms with Gasteiger partial charge in [-0.3, -0.25) is 0 Å². The number of carbonyl (C=O) groups is 1. The van der Waals surface area contributed by atoms with Gasteiger partial charge in [0.1, 0.15) is 0 Å². The van der Waals surface area contributed by atoms with E-state index >= 15 is 0 Å². The highest BCUT2D eigenvalue weighted by molar-refractivity contribution is 9.10. The Labute approximate surface area is 116 Å². The lowest BCUT2D eigenvalue weighted by atomic mass is 10.3. The minimum absolute atomic E-state index is 0.0156. The standard InChI is InChI=1S/C12H10BrNO3S/c13-8-1-2-10(9(14)5-8)18-6-7-3-4-17-11(7)12(15)16/h1-5H,6,14H2,(H,15,16). The third-order valence-corrected chi connectivity index (χ3v) is 3.93. The normalized spacial score (nSPS) is 10.5. The fraction of sp³-hybridized carbons (Fsp3) is 0.0833. The van der Waals surface area contributed by atoms with E-state index in [1.54, 1.807) is 6.07 Å². The predicted molar refractivity (Wildman–Crippen MR) is 73.8 cm³/mol. The number of anilines is 1. The number of carboxylic acid groups (broad SMARTS) is 1. The molecule has 0 aliphatic heterocycles. The molecule has 0 saturated carbocycles. The van der Waals surface area contributed by atoms with Gasteiger partial charge < -0.3 is 15.3 Å². The molecular formula is C12H10BrNO3S. The van der Waals surface area contributed by atoms with E-state index < -0.39 is 5.97 Å². The molecule has 4 nitrogen and oxygen atoms in total. The fourth-order valence-corrected chi connectivity index (χ4v) is 2.75. The molecule has 0 saturated heterocycles. The van der Waals surface area contributed by atoms with E-state index in [1.807, 2.05) is 18.2 Å². The molecule has 0 bridgehead atoms. The van der Waals surface area contributed by atoms with Gasteiger partial charge in [-0.2, -0.15) is 0 Å². The van der Waals surface area contributed by atoms with E-state index in [-0.39, 0.29) is 5.76 Å². The van der Waals surface area contributed by atoms with Crippen LogP contribution < -0.4 is 5.73 Å². The van der Waals surface area contributed by atoms with Gasteiger partial charge >= 0.3 is 5.97 Å². The molecule has 0 unspecified atom stereocenters. The van der Waals surface area contributed by atoms with Gasteiger partial charge in [-0.25, -0.2) is 4.79 Å². The SMILES string of the molecule is Nc1cc(Br)ccc1SCc1ccoc1C(=O)O. The molecule has 0 aliphatic rings. The summed E-state index contributed by atoms with van der Waals surface area (Å²) in [7, 11) is 0. The maximum atomic E-state index is 10.9.